The fourth-order valence-electron chi connectivity index (χ4n) is 1.28. The van der Waals surface area contributed by atoms with Gasteiger partial charge in [-0.25, -0.2) is 0 Å². The Balaban J connectivity index is 0. The zero-order chi connectivity index (χ0) is 12.5. The first-order valence-electron chi connectivity index (χ1n) is 4.27. The van der Waals surface area contributed by atoms with E-state index in [-0.39, 0.29) is 103 Å². The number of ether oxygens (including phenoxy) is 1. The molecule has 1 heterocycles. The molecule has 96 valence electrons. The summed E-state index contributed by atoms with van der Waals surface area (Å²) in [7, 11) is -5.41. The van der Waals surface area contributed by atoms with E-state index in [1.54, 1.807) is 0 Å². The van der Waals surface area contributed by atoms with E-state index in [4.69, 9.17) is 5.11 Å². The number of aliphatic hydroxyl groups is 4. The normalized spacial score (nSPS) is 36.4. The van der Waals surface area contributed by atoms with Gasteiger partial charge in [0.2, 0.25) is 0 Å². The molecule has 18 heavy (non-hydrogen) atoms. The Hall–Kier alpha value is 3.18. The van der Waals surface area contributed by atoms with Gasteiger partial charge in [0, 0.05) is 0 Å². The predicted octanol–water partition coefficient (Wildman–Crippen LogP) is -10.4. The van der Waals surface area contributed by atoms with E-state index in [2.05, 4.69) is 9.26 Å². The minimum Gasteiger partial charge on any atom is -0.790 e. The maximum absolute atomic E-state index is 10.3. The summed E-state index contributed by atoms with van der Waals surface area (Å²) in [6.45, 7) is -0.743. The Morgan fingerprint density at radius 3 is 2.00 bits per heavy atom. The van der Waals surface area contributed by atoms with E-state index >= 15 is 0 Å². The van der Waals surface area contributed by atoms with Gasteiger partial charge < -0.3 is 44.0 Å². The van der Waals surface area contributed by atoms with Crippen molar-refractivity contribution in [2.45, 2.75) is 30.7 Å². The van der Waals surface area contributed by atoms with Crippen molar-refractivity contribution in [1.29, 1.82) is 0 Å². The molecule has 0 aromatic rings. The SMILES string of the molecule is O=P([O-])([O-])O[13C@H]1O[C@H](CO)[C@H](O)[C@H](O)[13C@H]1O.[K+].[K+]. The Morgan fingerprint density at radius 2 is 1.61 bits per heavy atom. The standard InChI is InChI=1S/C6H13O9P.2K/c7-1-2-3(8)4(9)5(10)6(14-2)15-16(11,12)13;;/h2-10H,1H2,(H2,11,12,13);;/q;2*+1/p-2/t2-,3+,4+,5-,6-;;/m1../s1/i5+1,6+1;;. The molecular formula is C6H11K2O9P. The van der Waals surface area contributed by atoms with Crippen LogP contribution in [0.4, 0.5) is 0 Å². The van der Waals surface area contributed by atoms with Crippen LogP contribution in [-0.4, -0.2) is 57.7 Å². The van der Waals surface area contributed by atoms with Gasteiger partial charge in [-0.1, -0.05) is 0 Å². The van der Waals surface area contributed by atoms with Crippen LogP contribution in [0.25, 0.3) is 0 Å². The summed E-state index contributed by atoms with van der Waals surface area (Å²) in [6, 6.07) is 0. The molecule has 0 aromatic heterocycles. The van der Waals surface area contributed by atoms with Crippen LogP contribution in [-0.2, 0) is 13.8 Å². The number of rotatable bonds is 3. The maximum Gasteiger partial charge on any atom is 1.00 e. The van der Waals surface area contributed by atoms with Gasteiger partial charge >= 0.3 is 103 Å². The fourth-order valence-corrected chi connectivity index (χ4v) is 1.71. The number of hydrogen-bond donors (Lipinski definition) is 4. The molecule has 0 radical (unpaired) electrons. The molecule has 1 saturated heterocycles. The van der Waals surface area contributed by atoms with E-state index in [0.29, 0.717) is 0 Å². The second kappa shape index (κ2) is 10.1. The predicted molar refractivity (Wildman–Crippen MR) is 42.5 cm³/mol. The van der Waals surface area contributed by atoms with Crippen molar-refractivity contribution in [2.75, 3.05) is 6.61 Å². The summed E-state index contributed by atoms with van der Waals surface area (Å²) in [5.74, 6) is 0. The molecule has 1 fully saturated rings. The second-order valence-electron chi connectivity index (χ2n) is 3.25. The topological polar surface area (TPSA) is 163 Å². The zero-order valence-electron chi connectivity index (χ0n) is 9.87. The third kappa shape index (κ3) is 6.96. The van der Waals surface area contributed by atoms with Crippen LogP contribution in [0.15, 0.2) is 0 Å². The summed E-state index contributed by atoms with van der Waals surface area (Å²) in [6.07, 6.45) is -8.61. The Bertz CT molecular complexity index is 284. The zero-order valence-corrected chi connectivity index (χ0v) is 17.0. The van der Waals surface area contributed by atoms with Crippen molar-refractivity contribution in [2.24, 2.45) is 0 Å². The first-order chi connectivity index (χ1) is 7.26. The van der Waals surface area contributed by atoms with Crippen LogP contribution in [0.1, 0.15) is 0 Å². The smallest absolute Gasteiger partial charge is 0.790 e. The average molecular weight is 338 g/mol. The summed E-state index contributed by atoms with van der Waals surface area (Å²) in [5.41, 5.74) is 0. The van der Waals surface area contributed by atoms with Crippen LogP contribution < -0.4 is 113 Å². The molecule has 5 atom stereocenters. The molecule has 12 heteroatoms. The molecule has 4 N–H and O–H groups in total. The van der Waals surface area contributed by atoms with Crippen molar-refractivity contribution in [3.63, 3.8) is 0 Å². The molecule has 9 nitrogen and oxygen atoms in total. The van der Waals surface area contributed by atoms with Crippen LogP contribution in [0.5, 0.6) is 0 Å². The van der Waals surface area contributed by atoms with Crippen molar-refractivity contribution < 1.29 is 147 Å². The van der Waals surface area contributed by atoms with Crippen LogP contribution in [0.3, 0.4) is 0 Å². The van der Waals surface area contributed by atoms with Crippen molar-refractivity contribution in [1.82, 2.24) is 0 Å². The Morgan fingerprint density at radius 1 is 1.11 bits per heavy atom. The Labute approximate surface area is 188 Å². The molecule has 0 spiro atoms. The van der Waals surface area contributed by atoms with Gasteiger partial charge in [-0.15, -0.1) is 0 Å². The molecule has 0 unspecified atom stereocenters. The molecule has 1 aliphatic heterocycles. The monoisotopic (exact) mass is 338 g/mol. The van der Waals surface area contributed by atoms with Crippen LogP contribution in [0, 0.1) is 0 Å². The van der Waals surface area contributed by atoms with Gasteiger partial charge in [-0.2, -0.15) is 0 Å². The number of aliphatic hydroxyl groups excluding tert-OH is 4. The van der Waals surface area contributed by atoms with Crippen molar-refractivity contribution >= 4 is 7.82 Å². The fraction of sp³-hybridized carbons (Fsp3) is 1.00. The molecule has 1 rings (SSSR count). The molecule has 0 saturated carbocycles. The van der Waals surface area contributed by atoms with Crippen molar-refractivity contribution in [3.8, 4) is 0 Å². The maximum atomic E-state index is 10.3. The van der Waals surface area contributed by atoms with E-state index in [1.807, 2.05) is 0 Å². The summed E-state index contributed by atoms with van der Waals surface area (Å²) < 4.78 is 18.7. The third-order valence-corrected chi connectivity index (χ3v) is 2.55. The van der Waals surface area contributed by atoms with Crippen molar-refractivity contribution in [3.05, 3.63) is 0 Å². The summed E-state index contributed by atoms with van der Waals surface area (Å²) in [5, 5.41) is 36.5. The van der Waals surface area contributed by atoms with Crippen LogP contribution >= 0.6 is 7.82 Å². The van der Waals surface area contributed by atoms with Gasteiger partial charge in [-0.05, 0) is 0 Å². The molecule has 0 aliphatic carbocycles. The molecule has 1 aliphatic rings. The van der Waals surface area contributed by atoms with E-state index in [1.165, 1.54) is 0 Å². The van der Waals surface area contributed by atoms with E-state index in [9.17, 15) is 29.7 Å². The molecule has 0 amide bonds. The van der Waals surface area contributed by atoms with Gasteiger partial charge in [0.15, 0.2) is 6.29 Å². The minimum absolute atomic E-state index is 0. The largest absolute Gasteiger partial charge is 1.00 e. The number of phosphoric acid groups is 1. The quantitative estimate of drug-likeness (QED) is 0.222. The first kappa shape index (κ1) is 23.4. The van der Waals surface area contributed by atoms with Gasteiger partial charge in [0.05, 0.1) is 14.4 Å². The van der Waals surface area contributed by atoms with Crippen LogP contribution in [0.2, 0.25) is 0 Å². The van der Waals surface area contributed by atoms with E-state index in [0.717, 1.165) is 0 Å². The van der Waals surface area contributed by atoms with Gasteiger partial charge in [0.25, 0.3) is 0 Å². The van der Waals surface area contributed by atoms with Gasteiger partial charge in [-0.3, -0.25) is 0 Å². The number of hydrogen-bond acceptors (Lipinski definition) is 9. The first-order valence-corrected chi connectivity index (χ1v) is 5.73. The average Bonchev–Trinajstić information content (AvgIpc) is 2.17. The number of phosphoric ester groups is 1. The minimum atomic E-state index is -5.41. The summed E-state index contributed by atoms with van der Waals surface area (Å²) in [4.78, 5) is 20.6. The summed E-state index contributed by atoms with van der Waals surface area (Å²) >= 11 is 0. The second-order valence-corrected chi connectivity index (χ2v) is 4.36. The molecule has 0 aromatic carbocycles. The molecular weight excluding hydrogens is 327 g/mol. The molecule has 0 bridgehead atoms. The Kier molecular flexibility index (Phi) is 13.1. The van der Waals surface area contributed by atoms with Gasteiger partial charge in [0.1, 0.15) is 24.4 Å². The third-order valence-electron chi connectivity index (χ3n) is 2.08. The van der Waals surface area contributed by atoms with E-state index < -0.39 is 45.1 Å².